The Morgan fingerprint density at radius 3 is 2.95 bits per heavy atom. The van der Waals surface area contributed by atoms with Crippen LogP contribution in [0.2, 0.25) is 0 Å². The quantitative estimate of drug-likeness (QED) is 0.628. The van der Waals surface area contributed by atoms with Crippen molar-refractivity contribution in [1.29, 1.82) is 0 Å². The SMILES string of the molecule is COCCCNC(=O)COc1coc(CO)cc1=O. The van der Waals surface area contributed by atoms with E-state index in [1.54, 1.807) is 7.11 Å². The number of hydrogen-bond acceptors (Lipinski definition) is 6. The molecule has 0 aliphatic heterocycles. The number of carbonyl (C=O) groups excluding carboxylic acids is 1. The lowest BCUT2D eigenvalue weighted by atomic mass is 10.4. The van der Waals surface area contributed by atoms with Gasteiger partial charge in [-0.15, -0.1) is 0 Å². The van der Waals surface area contributed by atoms with Gasteiger partial charge in [-0.1, -0.05) is 0 Å². The number of aliphatic hydroxyl groups is 1. The van der Waals surface area contributed by atoms with Gasteiger partial charge < -0.3 is 24.3 Å². The van der Waals surface area contributed by atoms with Crippen LogP contribution in [0.3, 0.4) is 0 Å². The molecular weight excluding hydrogens is 254 g/mol. The van der Waals surface area contributed by atoms with E-state index in [4.69, 9.17) is 19.0 Å². The fourth-order valence-corrected chi connectivity index (χ4v) is 1.27. The van der Waals surface area contributed by atoms with Gasteiger partial charge in [0.25, 0.3) is 5.91 Å². The van der Waals surface area contributed by atoms with E-state index in [-0.39, 0.29) is 30.6 Å². The zero-order valence-electron chi connectivity index (χ0n) is 10.7. The van der Waals surface area contributed by atoms with Gasteiger partial charge in [-0.3, -0.25) is 9.59 Å². The maximum Gasteiger partial charge on any atom is 0.257 e. The number of ether oxygens (including phenoxy) is 2. The van der Waals surface area contributed by atoms with E-state index >= 15 is 0 Å². The molecule has 0 aliphatic rings. The van der Waals surface area contributed by atoms with Crippen molar-refractivity contribution in [2.75, 3.05) is 26.9 Å². The Labute approximate surface area is 110 Å². The molecule has 106 valence electrons. The first kappa shape index (κ1) is 15.2. The molecule has 1 amide bonds. The molecule has 19 heavy (non-hydrogen) atoms. The van der Waals surface area contributed by atoms with Crippen molar-refractivity contribution in [3.8, 4) is 5.75 Å². The molecule has 2 N–H and O–H groups in total. The van der Waals surface area contributed by atoms with E-state index in [0.29, 0.717) is 19.6 Å². The van der Waals surface area contributed by atoms with E-state index in [1.807, 2.05) is 0 Å². The number of amides is 1. The third-order valence-corrected chi connectivity index (χ3v) is 2.21. The van der Waals surface area contributed by atoms with E-state index in [1.165, 1.54) is 0 Å². The standard InChI is InChI=1S/C12H17NO6/c1-17-4-2-3-13-12(16)8-19-11-7-18-9(6-14)5-10(11)15/h5,7,14H,2-4,6,8H2,1H3,(H,13,16). The van der Waals surface area contributed by atoms with Gasteiger partial charge in [0.15, 0.2) is 6.61 Å². The van der Waals surface area contributed by atoms with Crippen molar-refractivity contribution in [1.82, 2.24) is 5.32 Å². The minimum Gasteiger partial charge on any atom is -0.477 e. The molecular formula is C12H17NO6. The summed E-state index contributed by atoms with van der Waals surface area (Å²) in [7, 11) is 1.58. The molecule has 7 nitrogen and oxygen atoms in total. The third-order valence-electron chi connectivity index (χ3n) is 2.21. The lowest BCUT2D eigenvalue weighted by molar-refractivity contribution is -0.123. The molecule has 0 radical (unpaired) electrons. The first-order chi connectivity index (χ1) is 9.17. The molecule has 0 atom stereocenters. The molecule has 1 heterocycles. The summed E-state index contributed by atoms with van der Waals surface area (Å²) in [4.78, 5) is 22.8. The highest BCUT2D eigenvalue weighted by Crippen LogP contribution is 2.05. The summed E-state index contributed by atoms with van der Waals surface area (Å²) in [5, 5.41) is 11.4. The zero-order chi connectivity index (χ0) is 14.1. The minimum absolute atomic E-state index is 0.0655. The van der Waals surface area contributed by atoms with Gasteiger partial charge in [0, 0.05) is 26.3 Å². The molecule has 0 spiro atoms. The van der Waals surface area contributed by atoms with Gasteiger partial charge in [0.2, 0.25) is 11.2 Å². The molecule has 1 rings (SSSR count). The molecule has 0 aliphatic carbocycles. The van der Waals surface area contributed by atoms with E-state index in [9.17, 15) is 9.59 Å². The molecule has 0 saturated heterocycles. The van der Waals surface area contributed by atoms with Crippen molar-refractivity contribution < 1.29 is 23.8 Å². The summed E-state index contributed by atoms with van der Waals surface area (Å²) in [5.74, 6) is -0.257. The second-order valence-corrected chi connectivity index (χ2v) is 3.72. The number of methoxy groups -OCH3 is 1. The van der Waals surface area contributed by atoms with Crippen molar-refractivity contribution in [2.45, 2.75) is 13.0 Å². The minimum atomic E-state index is -0.442. The highest BCUT2D eigenvalue weighted by atomic mass is 16.5. The number of carbonyl (C=O) groups is 1. The van der Waals surface area contributed by atoms with Crippen LogP contribution in [-0.4, -0.2) is 37.9 Å². The summed E-state index contributed by atoms with van der Waals surface area (Å²) >= 11 is 0. The van der Waals surface area contributed by atoms with E-state index in [0.717, 1.165) is 12.3 Å². The average Bonchev–Trinajstić information content (AvgIpc) is 2.42. The fourth-order valence-electron chi connectivity index (χ4n) is 1.27. The second-order valence-electron chi connectivity index (χ2n) is 3.72. The van der Waals surface area contributed by atoms with E-state index in [2.05, 4.69) is 5.32 Å². The van der Waals surface area contributed by atoms with Crippen LogP contribution in [0, 0.1) is 0 Å². The maximum absolute atomic E-state index is 11.5. The Balaban J connectivity index is 2.36. The van der Waals surface area contributed by atoms with Crippen LogP contribution in [-0.2, 0) is 16.1 Å². The van der Waals surface area contributed by atoms with Gasteiger partial charge in [-0.2, -0.15) is 0 Å². The van der Waals surface area contributed by atoms with Gasteiger partial charge in [-0.25, -0.2) is 0 Å². The van der Waals surface area contributed by atoms with Crippen molar-refractivity contribution in [3.63, 3.8) is 0 Å². The average molecular weight is 271 g/mol. The summed E-state index contributed by atoms with van der Waals surface area (Å²) in [5.41, 5.74) is -0.442. The van der Waals surface area contributed by atoms with Gasteiger partial charge in [0.05, 0.1) is 0 Å². The molecule has 1 aromatic heterocycles. The summed E-state index contributed by atoms with van der Waals surface area (Å²) < 4.78 is 14.8. The molecule has 0 unspecified atom stereocenters. The topological polar surface area (TPSA) is 98.0 Å². The number of hydrogen-bond donors (Lipinski definition) is 2. The van der Waals surface area contributed by atoms with Crippen LogP contribution < -0.4 is 15.5 Å². The Hall–Kier alpha value is -1.86. The lowest BCUT2D eigenvalue weighted by Gasteiger charge is -2.06. The van der Waals surface area contributed by atoms with Crippen molar-refractivity contribution in [3.05, 3.63) is 28.3 Å². The lowest BCUT2D eigenvalue weighted by Crippen LogP contribution is -2.30. The van der Waals surface area contributed by atoms with Crippen LogP contribution in [0.1, 0.15) is 12.2 Å². The Morgan fingerprint density at radius 2 is 2.32 bits per heavy atom. The Bertz CT molecular complexity index is 456. The monoisotopic (exact) mass is 271 g/mol. The normalized spacial score (nSPS) is 10.2. The molecule has 0 bridgehead atoms. The Morgan fingerprint density at radius 1 is 1.53 bits per heavy atom. The summed E-state index contributed by atoms with van der Waals surface area (Å²) in [6.45, 7) is 0.410. The summed E-state index contributed by atoms with van der Waals surface area (Å²) in [6, 6.07) is 1.12. The zero-order valence-corrected chi connectivity index (χ0v) is 10.7. The van der Waals surface area contributed by atoms with Gasteiger partial charge in [0.1, 0.15) is 18.6 Å². The smallest absolute Gasteiger partial charge is 0.257 e. The van der Waals surface area contributed by atoms with Crippen LogP contribution >= 0.6 is 0 Å². The predicted molar refractivity (Wildman–Crippen MR) is 65.9 cm³/mol. The summed E-state index contributed by atoms with van der Waals surface area (Å²) in [6.07, 6.45) is 1.78. The van der Waals surface area contributed by atoms with Crippen molar-refractivity contribution in [2.24, 2.45) is 0 Å². The molecule has 0 saturated carbocycles. The third kappa shape index (κ3) is 5.54. The number of rotatable bonds is 8. The number of nitrogens with one attached hydrogen (secondary N) is 1. The first-order valence-corrected chi connectivity index (χ1v) is 5.78. The number of aliphatic hydroxyl groups excluding tert-OH is 1. The first-order valence-electron chi connectivity index (χ1n) is 5.78. The van der Waals surface area contributed by atoms with Gasteiger partial charge in [-0.05, 0) is 6.42 Å². The molecule has 0 fully saturated rings. The highest BCUT2D eigenvalue weighted by molar-refractivity contribution is 5.77. The highest BCUT2D eigenvalue weighted by Gasteiger charge is 2.07. The van der Waals surface area contributed by atoms with E-state index < -0.39 is 5.43 Å². The molecule has 0 aromatic carbocycles. The van der Waals surface area contributed by atoms with Crippen LogP contribution in [0.5, 0.6) is 5.75 Å². The molecule has 1 aromatic rings. The predicted octanol–water partition coefficient (Wildman–Crippen LogP) is -0.336. The van der Waals surface area contributed by atoms with Crippen LogP contribution in [0.25, 0.3) is 0 Å². The second kappa shape index (κ2) is 8.28. The van der Waals surface area contributed by atoms with Crippen LogP contribution in [0.15, 0.2) is 21.5 Å². The van der Waals surface area contributed by atoms with Crippen molar-refractivity contribution >= 4 is 5.91 Å². The maximum atomic E-state index is 11.5. The van der Waals surface area contributed by atoms with Gasteiger partial charge >= 0.3 is 0 Å². The Kier molecular flexibility index (Phi) is 6.62. The largest absolute Gasteiger partial charge is 0.477 e. The van der Waals surface area contributed by atoms with Crippen LogP contribution in [0.4, 0.5) is 0 Å². The molecule has 7 heteroatoms. The fraction of sp³-hybridized carbons (Fsp3) is 0.500.